The van der Waals surface area contributed by atoms with Crippen molar-refractivity contribution < 1.29 is 4.74 Å². The maximum absolute atomic E-state index is 5.97. The molecule has 0 spiro atoms. The van der Waals surface area contributed by atoms with Crippen molar-refractivity contribution in [3.63, 3.8) is 0 Å². The lowest BCUT2D eigenvalue weighted by Crippen LogP contribution is -2.24. The highest BCUT2D eigenvalue weighted by molar-refractivity contribution is 5.44. The van der Waals surface area contributed by atoms with Gasteiger partial charge in [-0.25, -0.2) is 0 Å². The van der Waals surface area contributed by atoms with Gasteiger partial charge in [-0.15, -0.1) is 0 Å². The lowest BCUT2D eigenvalue weighted by Gasteiger charge is -2.19. The minimum Gasteiger partial charge on any atom is -0.382 e. The predicted octanol–water partition coefficient (Wildman–Crippen LogP) is 4.01. The zero-order valence-corrected chi connectivity index (χ0v) is 11.8. The molecule has 0 bridgehead atoms. The van der Waals surface area contributed by atoms with Crippen LogP contribution in [0.5, 0.6) is 0 Å². The third kappa shape index (κ3) is 3.74. The van der Waals surface area contributed by atoms with E-state index in [4.69, 9.17) is 4.74 Å². The van der Waals surface area contributed by atoms with E-state index in [9.17, 15) is 0 Å². The fourth-order valence-corrected chi connectivity index (χ4v) is 2.53. The summed E-state index contributed by atoms with van der Waals surface area (Å²) in [6.45, 7) is 7.47. The average molecular weight is 247 g/mol. The Hall–Kier alpha value is -1.02. The Morgan fingerprint density at radius 2 is 2.00 bits per heavy atom. The minimum atomic E-state index is 0.0668. The second-order valence-corrected chi connectivity index (χ2v) is 5.87. The molecule has 0 amide bonds. The zero-order valence-electron chi connectivity index (χ0n) is 11.8. The molecule has 0 saturated carbocycles. The summed E-state index contributed by atoms with van der Waals surface area (Å²) in [4.78, 5) is 0. The van der Waals surface area contributed by atoms with Gasteiger partial charge in [-0.1, -0.05) is 25.5 Å². The molecule has 2 nitrogen and oxygen atoms in total. The maximum Gasteiger partial charge on any atom is 0.0755 e. The monoisotopic (exact) mass is 247 g/mol. The Balaban J connectivity index is 1.80. The molecule has 2 rings (SSSR count). The summed E-state index contributed by atoms with van der Waals surface area (Å²) in [5.74, 6) is 0. The topological polar surface area (TPSA) is 21.3 Å². The largest absolute Gasteiger partial charge is 0.382 e. The van der Waals surface area contributed by atoms with E-state index in [1.807, 2.05) is 0 Å². The van der Waals surface area contributed by atoms with Crippen molar-refractivity contribution in [2.75, 3.05) is 11.9 Å². The normalized spacial score (nSPS) is 22.1. The van der Waals surface area contributed by atoms with Gasteiger partial charge in [-0.3, -0.25) is 0 Å². The van der Waals surface area contributed by atoms with Crippen molar-refractivity contribution in [1.29, 1.82) is 0 Å². The zero-order chi connectivity index (χ0) is 13.0. The third-order valence-corrected chi connectivity index (χ3v) is 3.58. The number of rotatable bonds is 5. The van der Waals surface area contributed by atoms with Crippen molar-refractivity contribution in [1.82, 2.24) is 0 Å². The fraction of sp³-hybridized carbons (Fsp3) is 0.625. The van der Waals surface area contributed by atoms with Crippen molar-refractivity contribution in [3.05, 3.63) is 29.8 Å². The summed E-state index contributed by atoms with van der Waals surface area (Å²) in [5, 5.41) is 3.47. The van der Waals surface area contributed by atoms with Crippen LogP contribution in [0.15, 0.2) is 24.3 Å². The number of hydrogen-bond donors (Lipinski definition) is 1. The molecule has 18 heavy (non-hydrogen) atoms. The summed E-state index contributed by atoms with van der Waals surface area (Å²) in [6.07, 6.45) is 5.05. The molecule has 1 aliphatic heterocycles. The molecule has 100 valence electrons. The van der Waals surface area contributed by atoms with E-state index in [2.05, 4.69) is 50.4 Å². The van der Waals surface area contributed by atoms with Gasteiger partial charge >= 0.3 is 0 Å². The molecule has 1 atom stereocenters. The third-order valence-electron chi connectivity index (χ3n) is 3.58. The van der Waals surface area contributed by atoms with Crippen LogP contribution in [-0.4, -0.2) is 18.2 Å². The van der Waals surface area contributed by atoms with Gasteiger partial charge in [0.2, 0.25) is 0 Å². The molecule has 1 unspecified atom stereocenters. The molecule has 1 heterocycles. The van der Waals surface area contributed by atoms with Gasteiger partial charge in [0, 0.05) is 12.2 Å². The van der Waals surface area contributed by atoms with Gasteiger partial charge in [0.15, 0.2) is 0 Å². The minimum absolute atomic E-state index is 0.0668. The van der Waals surface area contributed by atoms with E-state index in [1.165, 1.54) is 24.1 Å². The van der Waals surface area contributed by atoms with E-state index < -0.39 is 0 Å². The highest BCUT2D eigenvalue weighted by atomic mass is 16.5. The van der Waals surface area contributed by atoms with Gasteiger partial charge < -0.3 is 10.1 Å². The number of hydrogen-bond acceptors (Lipinski definition) is 2. The molecule has 0 aliphatic carbocycles. The first-order valence-electron chi connectivity index (χ1n) is 7.10. The van der Waals surface area contributed by atoms with E-state index in [0.29, 0.717) is 6.10 Å². The second-order valence-electron chi connectivity index (χ2n) is 5.87. The number of nitrogens with one attached hydrogen (secondary N) is 1. The van der Waals surface area contributed by atoms with Crippen molar-refractivity contribution in [3.8, 4) is 0 Å². The van der Waals surface area contributed by atoms with Crippen LogP contribution in [-0.2, 0) is 11.2 Å². The van der Waals surface area contributed by atoms with Crippen molar-refractivity contribution in [2.45, 2.75) is 58.2 Å². The second kappa shape index (κ2) is 5.75. The average Bonchev–Trinajstić information content (AvgIpc) is 2.69. The lowest BCUT2D eigenvalue weighted by molar-refractivity contribution is -0.00910. The summed E-state index contributed by atoms with van der Waals surface area (Å²) in [5.41, 5.74) is 2.68. The molecule has 1 fully saturated rings. The van der Waals surface area contributed by atoms with E-state index >= 15 is 0 Å². The van der Waals surface area contributed by atoms with Crippen LogP contribution in [0.1, 0.15) is 45.6 Å². The van der Waals surface area contributed by atoms with Crippen molar-refractivity contribution >= 4 is 5.69 Å². The SMILES string of the molecule is CCCc1ccc(NCC2CCC(C)(C)O2)cc1. The molecule has 1 aromatic rings. The first kappa shape index (κ1) is 13.4. The summed E-state index contributed by atoms with van der Waals surface area (Å²) >= 11 is 0. The van der Waals surface area contributed by atoms with E-state index in [-0.39, 0.29) is 5.60 Å². The number of aryl methyl sites for hydroxylation is 1. The van der Waals surface area contributed by atoms with Crippen LogP contribution in [0.25, 0.3) is 0 Å². The summed E-state index contributed by atoms with van der Waals surface area (Å²) in [7, 11) is 0. The Kier molecular flexibility index (Phi) is 4.28. The predicted molar refractivity (Wildman–Crippen MR) is 77.1 cm³/mol. The van der Waals surface area contributed by atoms with Crippen molar-refractivity contribution in [2.24, 2.45) is 0 Å². The molecule has 0 radical (unpaired) electrons. The summed E-state index contributed by atoms with van der Waals surface area (Å²) < 4.78 is 5.97. The van der Waals surface area contributed by atoms with Gasteiger partial charge in [0.1, 0.15) is 0 Å². The van der Waals surface area contributed by atoms with Crippen LogP contribution in [0.2, 0.25) is 0 Å². The Morgan fingerprint density at radius 1 is 1.28 bits per heavy atom. The van der Waals surface area contributed by atoms with Gasteiger partial charge in [0.25, 0.3) is 0 Å². The molecule has 1 aliphatic rings. The highest BCUT2D eigenvalue weighted by Gasteiger charge is 2.31. The number of ether oxygens (including phenoxy) is 1. The number of anilines is 1. The van der Waals surface area contributed by atoms with Gasteiger partial charge in [-0.05, 0) is 50.8 Å². The van der Waals surface area contributed by atoms with E-state index in [0.717, 1.165) is 19.4 Å². The number of benzene rings is 1. The smallest absolute Gasteiger partial charge is 0.0755 e. The standard InChI is InChI=1S/C16H25NO/c1-4-5-13-6-8-14(9-7-13)17-12-15-10-11-16(2,3)18-15/h6-9,15,17H,4-5,10-12H2,1-3H3. The van der Waals surface area contributed by atoms with Crippen LogP contribution >= 0.6 is 0 Å². The highest BCUT2D eigenvalue weighted by Crippen LogP contribution is 2.29. The van der Waals surface area contributed by atoms with Gasteiger partial charge in [0.05, 0.1) is 11.7 Å². The molecule has 1 saturated heterocycles. The van der Waals surface area contributed by atoms with Gasteiger partial charge in [-0.2, -0.15) is 0 Å². The van der Waals surface area contributed by atoms with Crippen LogP contribution in [0, 0.1) is 0 Å². The maximum atomic E-state index is 5.97. The van der Waals surface area contributed by atoms with E-state index in [1.54, 1.807) is 0 Å². The fourth-order valence-electron chi connectivity index (χ4n) is 2.53. The molecular weight excluding hydrogens is 222 g/mol. The van der Waals surface area contributed by atoms with Crippen LogP contribution in [0.4, 0.5) is 5.69 Å². The molecular formula is C16H25NO. The Morgan fingerprint density at radius 3 is 2.56 bits per heavy atom. The first-order valence-corrected chi connectivity index (χ1v) is 7.10. The molecule has 1 aromatic carbocycles. The molecule has 0 aromatic heterocycles. The van der Waals surface area contributed by atoms with Crippen LogP contribution in [0.3, 0.4) is 0 Å². The quantitative estimate of drug-likeness (QED) is 0.849. The molecule has 1 N–H and O–H groups in total. The first-order chi connectivity index (χ1) is 8.59. The lowest BCUT2D eigenvalue weighted by atomic mass is 10.1. The Labute approximate surface area is 111 Å². The Bertz CT molecular complexity index is 369. The van der Waals surface area contributed by atoms with Crippen LogP contribution < -0.4 is 5.32 Å². The summed E-state index contributed by atoms with van der Waals surface area (Å²) in [6, 6.07) is 8.77. The molecule has 2 heteroatoms.